The molecule has 0 heteroatoms. The van der Waals surface area contributed by atoms with Crippen molar-refractivity contribution in [3.8, 4) is 0 Å². The first kappa shape index (κ1) is 21.2. The van der Waals surface area contributed by atoms with Crippen LogP contribution < -0.4 is 0 Å². The number of hydrogen-bond acceptors (Lipinski definition) is 0. The highest BCUT2D eigenvalue weighted by molar-refractivity contribution is 5.38. The van der Waals surface area contributed by atoms with Crippen LogP contribution in [0.25, 0.3) is 0 Å². The van der Waals surface area contributed by atoms with Crippen molar-refractivity contribution >= 4 is 0 Å². The van der Waals surface area contributed by atoms with Crippen LogP contribution in [0.1, 0.15) is 82.4 Å². The molecular formula is C30H38. The van der Waals surface area contributed by atoms with E-state index >= 15 is 0 Å². The third-order valence-electron chi connectivity index (χ3n) is 7.42. The van der Waals surface area contributed by atoms with Crippen molar-refractivity contribution in [3.63, 3.8) is 0 Å². The quantitative estimate of drug-likeness (QED) is 0.458. The zero-order chi connectivity index (χ0) is 21.1. The zero-order valence-corrected chi connectivity index (χ0v) is 19.3. The first-order valence-electron chi connectivity index (χ1n) is 12.0. The molecule has 0 amide bonds. The summed E-state index contributed by atoms with van der Waals surface area (Å²) in [6.07, 6.45) is 12.6. The third kappa shape index (κ3) is 4.64. The van der Waals surface area contributed by atoms with E-state index in [-0.39, 0.29) is 5.41 Å². The van der Waals surface area contributed by atoms with Crippen LogP contribution in [-0.2, 0) is 11.8 Å². The Morgan fingerprint density at radius 1 is 0.833 bits per heavy atom. The van der Waals surface area contributed by atoms with Crippen LogP contribution in [0.4, 0.5) is 0 Å². The van der Waals surface area contributed by atoms with Gasteiger partial charge in [0.2, 0.25) is 0 Å². The van der Waals surface area contributed by atoms with Crippen LogP contribution in [0.3, 0.4) is 0 Å². The fraction of sp³-hybridized carbons (Fsp3) is 0.467. The van der Waals surface area contributed by atoms with Crippen LogP contribution in [0, 0.1) is 11.8 Å². The van der Waals surface area contributed by atoms with Gasteiger partial charge in [-0.05, 0) is 72.5 Å². The van der Waals surface area contributed by atoms with Crippen LogP contribution in [0.15, 0.2) is 77.9 Å². The molecule has 30 heavy (non-hydrogen) atoms. The van der Waals surface area contributed by atoms with Crippen molar-refractivity contribution in [2.24, 2.45) is 11.8 Å². The van der Waals surface area contributed by atoms with Crippen molar-refractivity contribution < 1.29 is 0 Å². The van der Waals surface area contributed by atoms with Crippen molar-refractivity contribution in [2.45, 2.75) is 77.6 Å². The second-order valence-corrected chi connectivity index (χ2v) is 10.4. The number of hydrogen-bond donors (Lipinski definition) is 0. The van der Waals surface area contributed by atoms with Gasteiger partial charge in [0.25, 0.3) is 0 Å². The minimum Gasteiger partial charge on any atom is -0.0645 e. The molecule has 0 nitrogen and oxygen atoms in total. The molecule has 0 spiro atoms. The molecule has 0 aromatic heterocycles. The molecule has 3 unspecified atom stereocenters. The highest BCUT2D eigenvalue weighted by Gasteiger charge is 2.33. The highest BCUT2D eigenvalue weighted by Crippen LogP contribution is 2.47. The van der Waals surface area contributed by atoms with E-state index in [0.717, 1.165) is 18.3 Å². The topological polar surface area (TPSA) is 0 Å². The Morgan fingerprint density at radius 2 is 1.60 bits per heavy atom. The molecule has 0 bridgehead atoms. The van der Waals surface area contributed by atoms with E-state index < -0.39 is 0 Å². The first-order valence-corrected chi connectivity index (χ1v) is 12.0. The van der Waals surface area contributed by atoms with E-state index in [2.05, 4.69) is 94.4 Å². The normalized spacial score (nSPS) is 24.1. The summed E-state index contributed by atoms with van der Waals surface area (Å²) in [5, 5.41) is 0. The Hall–Kier alpha value is -2.08. The average Bonchev–Trinajstić information content (AvgIpc) is 3.39. The minimum absolute atomic E-state index is 0.223. The van der Waals surface area contributed by atoms with E-state index in [0.29, 0.717) is 5.92 Å². The fourth-order valence-corrected chi connectivity index (χ4v) is 5.62. The maximum atomic E-state index is 2.49. The molecule has 3 atom stereocenters. The molecule has 0 saturated heterocycles. The summed E-state index contributed by atoms with van der Waals surface area (Å²) in [6, 6.07) is 20.4. The number of allylic oxidation sites excluding steroid dienone is 4. The molecular weight excluding hydrogens is 360 g/mol. The lowest BCUT2D eigenvalue weighted by Gasteiger charge is -2.23. The maximum absolute atomic E-state index is 2.49. The van der Waals surface area contributed by atoms with Crippen molar-refractivity contribution in [3.05, 3.63) is 94.6 Å². The maximum Gasteiger partial charge on any atom is 0.00134 e. The van der Waals surface area contributed by atoms with Crippen LogP contribution in [-0.4, -0.2) is 0 Å². The van der Waals surface area contributed by atoms with Gasteiger partial charge in [-0.2, -0.15) is 0 Å². The van der Waals surface area contributed by atoms with Gasteiger partial charge < -0.3 is 0 Å². The molecule has 0 heterocycles. The molecule has 2 aliphatic rings. The summed E-state index contributed by atoms with van der Waals surface area (Å²) in [6.45, 7) is 9.29. The Labute approximate surface area is 184 Å². The second-order valence-electron chi connectivity index (χ2n) is 10.4. The largest absolute Gasteiger partial charge is 0.0645 e. The summed E-state index contributed by atoms with van der Waals surface area (Å²) in [7, 11) is 0. The predicted molar refractivity (Wildman–Crippen MR) is 130 cm³/mol. The monoisotopic (exact) mass is 398 g/mol. The Morgan fingerprint density at radius 3 is 2.33 bits per heavy atom. The molecule has 0 aliphatic heterocycles. The first-order chi connectivity index (χ1) is 14.5. The Kier molecular flexibility index (Phi) is 6.32. The molecule has 1 saturated carbocycles. The van der Waals surface area contributed by atoms with Gasteiger partial charge in [-0.1, -0.05) is 106 Å². The average molecular weight is 399 g/mol. The Balaban J connectivity index is 1.38. The van der Waals surface area contributed by atoms with E-state index in [1.54, 1.807) is 16.7 Å². The molecule has 0 radical (unpaired) electrons. The van der Waals surface area contributed by atoms with Crippen LogP contribution >= 0.6 is 0 Å². The van der Waals surface area contributed by atoms with Gasteiger partial charge in [-0.15, -0.1) is 0 Å². The number of rotatable bonds is 6. The van der Waals surface area contributed by atoms with E-state index in [4.69, 9.17) is 0 Å². The van der Waals surface area contributed by atoms with E-state index in [9.17, 15) is 0 Å². The van der Waals surface area contributed by atoms with Crippen molar-refractivity contribution in [2.75, 3.05) is 0 Å². The van der Waals surface area contributed by atoms with Gasteiger partial charge in [0.15, 0.2) is 0 Å². The van der Waals surface area contributed by atoms with Gasteiger partial charge in [0.05, 0.1) is 0 Å². The fourth-order valence-electron chi connectivity index (χ4n) is 5.62. The summed E-state index contributed by atoms with van der Waals surface area (Å²) < 4.78 is 0. The summed E-state index contributed by atoms with van der Waals surface area (Å²) >= 11 is 0. The molecule has 2 aromatic carbocycles. The summed E-state index contributed by atoms with van der Waals surface area (Å²) in [5.41, 5.74) is 8.09. The summed E-state index contributed by atoms with van der Waals surface area (Å²) in [4.78, 5) is 0. The molecule has 1 fully saturated rings. The van der Waals surface area contributed by atoms with Crippen molar-refractivity contribution in [1.29, 1.82) is 0 Å². The van der Waals surface area contributed by atoms with Gasteiger partial charge in [0, 0.05) is 5.92 Å². The molecule has 158 valence electrons. The van der Waals surface area contributed by atoms with Crippen LogP contribution in [0.5, 0.6) is 0 Å². The van der Waals surface area contributed by atoms with Gasteiger partial charge in [-0.3, -0.25) is 0 Å². The third-order valence-corrected chi connectivity index (χ3v) is 7.42. The summed E-state index contributed by atoms with van der Waals surface area (Å²) in [5.74, 6) is 2.20. The molecule has 0 N–H and O–H groups in total. The van der Waals surface area contributed by atoms with Gasteiger partial charge in [0.1, 0.15) is 0 Å². The highest BCUT2D eigenvalue weighted by atomic mass is 14.4. The molecule has 4 rings (SSSR count). The predicted octanol–water partition coefficient (Wildman–Crippen LogP) is 8.39. The van der Waals surface area contributed by atoms with E-state index in [1.165, 1.54) is 43.2 Å². The number of benzene rings is 2. The standard InChI is InChI=1S/C30H38/c1-5-28-24(15-14-22-10-9-13-27(20-22)30(2,3)4)18-19-29(28)26-17-16-25(21-26)23-11-7-6-8-12-23/h6-13,18-20,25-26,28H,5,14-17,21H2,1-4H3. The van der Waals surface area contributed by atoms with Gasteiger partial charge in [-0.25, -0.2) is 0 Å². The molecule has 2 aromatic rings. The van der Waals surface area contributed by atoms with Crippen molar-refractivity contribution in [1.82, 2.24) is 0 Å². The lowest BCUT2D eigenvalue weighted by molar-refractivity contribution is 0.529. The number of aryl methyl sites for hydroxylation is 1. The van der Waals surface area contributed by atoms with Gasteiger partial charge >= 0.3 is 0 Å². The SMILES string of the molecule is CCC1C(CCc2cccc(C(C)(C)C)c2)=CC=C1C1CCC(c2ccccc2)C1. The zero-order valence-electron chi connectivity index (χ0n) is 19.3. The lowest BCUT2D eigenvalue weighted by atomic mass is 9.81. The lowest BCUT2D eigenvalue weighted by Crippen LogP contribution is -2.12. The Bertz CT molecular complexity index is 907. The van der Waals surface area contributed by atoms with E-state index in [1.807, 2.05) is 0 Å². The minimum atomic E-state index is 0.223. The molecule has 2 aliphatic carbocycles. The smallest absolute Gasteiger partial charge is 0.00134 e. The second kappa shape index (κ2) is 8.96. The van der Waals surface area contributed by atoms with Crippen LogP contribution in [0.2, 0.25) is 0 Å².